The summed E-state index contributed by atoms with van der Waals surface area (Å²) in [5, 5.41) is 2.43. The zero-order valence-electron chi connectivity index (χ0n) is 15.0. The zero-order valence-corrected chi connectivity index (χ0v) is 15.0. The van der Waals surface area contributed by atoms with Gasteiger partial charge in [-0.15, -0.1) is 0 Å². The predicted octanol–water partition coefficient (Wildman–Crippen LogP) is 2.16. The number of urea groups is 1. The van der Waals surface area contributed by atoms with Gasteiger partial charge in [-0.25, -0.2) is 4.79 Å². The fourth-order valence-corrected chi connectivity index (χ4v) is 2.97. The van der Waals surface area contributed by atoms with Crippen LogP contribution in [-0.4, -0.2) is 57.7 Å². The Morgan fingerprint density at radius 3 is 2.50 bits per heavy atom. The Labute approximate surface area is 159 Å². The summed E-state index contributed by atoms with van der Waals surface area (Å²) in [7, 11) is 0. The number of aromatic nitrogens is 2. The van der Waals surface area contributed by atoms with E-state index in [0.717, 1.165) is 11.9 Å². The molecule has 150 valence electrons. The molecule has 0 aliphatic carbocycles. The van der Waals surface area contributed by atoms with E-state index in [1.807, 2.05) is 18.2 Å². The summed E-state index contributed by atoms with van der Waals surface area (Å²) in [5.74, 6) is 0. The molecule has 3 heterocycles. The Hall–Kier alpha value is -2.88. The molecule has 7 nitrogen and oxygen atoms in total. The molecule has 0 spiro atoms. The fraction of sp³-hybridized carbons (Fsp3) is 0.389. The van der Waals surface area contributed by atoms with Crippen LogP contribution < -0.4 is 10.9 Å². The van der Waals surface area contributed by atoms with E-state index in [2.05, 4.69) is 15.2 Å². The van der Waals surface area contributed by atoms with E-state index in [1.54, 1.807) is 6.20 Å². The summed E-state index contributed by atoms with van der Waals surface area (Å²) in [5.41, 5.74) is -0.121. The third-order valence-electron chi connectivity index (χ3n) is 4.38. The monoisotopic (exact) mass is 395 g/mol. The minimum atomic E-state index is -4.52. The van der Waals surface area contributed by atoms with Gasteiger partial charge >= 0.3 is 12.2 Å². The maximum absolute atomic E-state index is 12.5. The molecule has 0 saturated carbocycles. The lowest BCUT2D eigenvalue weighted by Crippen LogP contribution is -2.50. The number of nitrogens with one attached hydrogen (secondary N) is 1. The van der Waals surface area contributed by atoms with Crippen LogP contribution in [0.2, 0.25) is 0 Å². The molecule has 28 heavy (non-hydrogen) atoms. The van der Waals surface area contributed by atoms with Crippen molar-refractivity contribution >= 4 is 11.7 Å². The van der Waals surface area contributed by atoms with Gasteiger partial charge in [0.15, 0.2) is 0 Å². The summed E-state index contributed by atoms with van der Waals surface area (Å²) in [6, 6.07) is 7.79. The molecular weight excluding hydrogens is 375 g/mol. The number of carbonyl (C=O) groups excluding carboxylic acids is 1. The molecule has 0 atom stereocenters. The number of amides is 2. The van der Waals surface area contributed by atoms with Crippen molar-refractivity contribution in [1.82, 2.24) is 19.4 Å². The molecule has 1 N–H and O–H groups in total. The lowest BCUT2D eigenvalue weighted by molar-refractivity contribution is -0.141. The fourth-order valence-electron chi connectivity index (χ4n) is 2.97. The smallest absolute Gasteiger partial charge is 0.322 e. The average Bonchev–Trinajstić information content (AvgIpc) is 2.65. The van der Waals surface area contributed by atoms with Gasteiger partial charge in [0, 0.05) is 45.1 Å². The molecule has 0 bridgehead atoms. The number of nitrogens with zero attached hydrogens (tertiary/aromatic N) is 4. The number of hydrogen-bond donors (Lipinski definition) is 1. The second-order valence-corrected chi connectivity index (χ2v) is 6.48. The highest BCUT2D eigenvalue weighted by molar-refractivity contribution is 5.89. The second-order valence-electron chi connectivity index (χ2n) is 6.48. The molecule has 0 aromatic carbocycles. The highest BCUT2D eigenvalue weighted by atomic mass is 19.4. The minimum Gasteiger partial charge on any atom is -0.322 e. The molecule has 1 aliphatic rings. The van der Waals surface area contributed by atoms with Crippen LogP contribution in [-0.2, 0) is 13.1 Å². The van der Waals surface area contributed by atoms with Gasteiger partial charge in [-0.1, -0.05) is 6.07 Å². The van der Waals surface area contributed by atoms with Gasteiger partial charge < -0.3 is 14.8 Å². The molecule has 10 heteroatoms. The van der Waals surface area contributed by atoms with Crippen molar-refractivity contribution in [2.45, 2.75) is 19.3 Å². The molecule has 2 aromatic rings. The minimum absolute atomic E-state index is 0.173. The number of carbonyl (C=O) groups is 1. The van der Waals surface area contributed by atoms with Gasteiger partial charge in [-0.2, -0.15) is 13.2 Å². The maximum Gasteiger partial charge on any atom is 0.406 e. The van der Waals surface area contributed by atoms with Crippen molar-refractivity contribution in [3.63, 3.8) is 0 Å². The van der Waals surface area contributed by atoms with E-state index >= 15 is 0 Å². The number of hydrogen-bond acceptors (Lipinski definition) is 4. The predicted molar refractivity (Wildman–Crippen MR) is 96.9 cm³/mol. The van der Waals surface area contributed by atoms with E-state index in [9.17, 15) is 22.8 Å². The Balaban J connectivity index is 1.56. The first-order valence-electron chi connectivity index (χ1n) is 8.76. The standard InChI is InChI=1S/C18H20F3N5O2/c19-18(20,21)13-26-7-3-5-15(16(26)27)23-17(28)25-10-8-24(9-11-25)12-14-4-1-2-6-22-14/h1-7H,8-13H2,(H,23,28). The summed E-state index contributed by atoms with van der Waals surface area (Å²) >= 11 is 0. The van der Waals surface area contributed by atoms with Crippen molar-refractivity contribution in [3.05, 3.63) is 58.8 Å². The summed E-state index contributed by atoms with van der Waals surface area (Å²) in [6.45, 7) is 1.44. The first-order chi connectivity index (χ1) is 13.3. The number of anilines is 1. The molecule has 1 saturated heterocycles. The molecule has 0 unspecified atom stereocenters. The van der Waals surface area contributed by atoms with Crippen LogP contribution in [0, 0.1) is 0 Å². The van der Waals surface area contributed by atoms with Crippen LogP contribution in [0.4, 0.5) is 23.7 Å². The van der Waals surface area contributed by atoms with Crippen LogP contribution in [0.1, 0.15) is 5.69 Å². The normalized spacial score (nSPS) is 15.5. The third kappa shape index (κ3) is 5.32. The van der Waals surface area contributed by atoms with Gasteiger partial charge in [0.25, 0.3) is 5.56 Å². The van der Waals surface area contributed by atoms with Crippen molar-refractivity contribution < 1.29 is 18.0 Å². The molecule has 1 aliphatic heterocycles. The Kier molecular flexibility index (Phi) is 5.98. The topological polar surface area (TPSA) is 70.5 Å². The number of alkyl halides is 3. The number of halogens is 3. The molecule has 0 radical (unpaired) electrons. The first-order valence-corrected chi connectivity index (χ1v) is 8.76. The molecule has 2 amide bonds. The lowest BCUT2D eigenvalue weighted by Gasteiger charge is -2.34. The maximum atomic E-state index is 12.5. The number of piperazine rings is 1. The highest BCUT2D eigenvalue weighted by Crippen LogP contribution is 2.17. The van der Waals surface area contributed by atoms with Crippen LogP contribution >= 0.6 is 0 Å². The number of pyridine rings is 2. The molecule has 3 rings (SSSR count). The van der Waals surface area contributed by atoms with Gasteiger partial charge in [0.05, 0.1) is 5.69 Å². The van der Waals surface area contributed by atoms with E-state index < -0.39 is 24.3 Å². The highest BCUT2D eigenvalue weighted by Gasteiger charge is 2.29. The zero-order chi connectivity index (χ0) is 20.1. The van der Waals surface area contributed by atoms with Crippen molar-refractivity contribution in [3.8, 4) is 0 Å². The van der Waals surface area contributed by atoms with Gasteiger partial charge in [-0.05, 0) is 24.3 Å². The van der Waals surface area contributed by atoms with E-state index in [4.69, 9.17) is 0 Å². The summed E-state index contributed by atoms with van der Waals surface area (Å²) in [4.78, 5) is 32.5. The first kappa shape index (κ1) is 19.9. The van der Waals surface area contributed by atoms with E-state index in [-0.39, 0.29) is 5.69 Å². The number of rotatable bonds is 4. The Morgan fingerprint density at radius 2 is 1.86 bits per heavy atom. The van der Waals surface area contributed by atoms with Crippen molar-refractivity contribution in [2.75, 3.05) is 31.5 Å². The van der Waals surface area contributed by atoms with Gasteiger partial charge in [-0.3, -0.25) is 14.7 Å². The Bertz CT molecular complexity index is 862. The van der Waals surface area contributed by atoms with Crippen LogP contribution in [0.25, 0.3) is 0 Å². The lowest BCUT2D eigenvalue weighted by atomic mass is 10.3. The van der Waals surface area contributed by atoms with Crippen molar-refractivity contribution in [1.29, 1.82) is 0 Å². The Morgan fingerprint density at radius 1 is 1.11 bits per heavy atom. The molecule has 2 aromatic heterocycles. The van der Waals surface area contributed by atoms with Crippen molar-refractivity contribution in [2.24, 2.45) is 0 Å². The SMILES string of the molecule is O=C(Nc1cccn(CC(F)(F)F)c1=O)N1CCN(Cc2ccccn2)CC1. The van der Waals surface area contributed by atoms with Gasteiger partial charge in [0.1, 0.15) is 12.2 Å². The third-order valence-corrected chi connectivity index (χ3v) is 4.38. The van der Waals surface area contributed by atoms with E-state index in [0.29, 0.717) is 37.3 Å². The second kappa shape index (κ2) is 8.42. The average molecular weight is 395 g/mol. The molecular formula is C18H20F3N5O2. The largest absolute Gasteiger partial charge is 0.406 e. The van der Waals surface area contributed by atoms with Crippen LogP contribution in [0.15, 0.2) is 47.5 Å². The van der Waals surface area contributed by atoms with Gasteiger partial charge in [0.2, 0.25) is 0 Å². The van der Waals surface area contributed by atoms with Crippen LogP contribution in [0.5, 0.6) is 0 Å². The summed E-state index contributed by atoms with van der Waals surface area (Å²) in [6.07, 6.45) is -1.75. The van der Waals surface area contributed by atoms with E-state index in [1.165, 1.54) is 17.0 Å². The quantitative estimate of drug-likeness (QED) is 0.861. The molecule has 1 fully saturated rings. The van der Waals surface area contributed by atoms with Crippen LogP contribution in [0.3, 0.4) is 0 Å². The summed E-state index contributed by atoms with van der Waals surface area (Å²) < 4.78 is 38.1.